The van der Waals surface area contributed by atoms with Gasteiger partial charge in [-0.2, -0.15) is 5.10 Å². The van der Waals surface area contributed by atoms with E-state index >= 15 is 0 Å². The monoisotopic (exact) mass is 417 g/mol. The number of ether oxygens (including phenoxy) is 2. The summed E-state index contributed by atoms with van der Waals surface area (Å²) >= 11 is 0. The molecule has 0 spiro atoms. The maximum Gasteiger partial charge on any atom is 0.232 e. The van der Waals surface area contributed by atoms with Crippen molar-refractivity contribution in [3.63, 3.8) is 0 Å². The van der Waals surface area contributed by atoms with Gasteiger partial charge in [-0.3, -0.25) is 9.69 Å². The van der Waals surface area contributed by atoms with Crippen molar-refractivity contribution < 1.29 is 14.3 Å². The zero-order chi connectivity index (χ0) is 21.5. The lowest BCUT2D eigenvalue weighted by molar-refractivity contribution is -0.118. The SMILES string of the molecule is Cc1nn2c(c1-c1ccccc1C(C)C)N(C(=O)Cc1ccc3c(c1)OCO3)CCC2. The first-order valence-electron chi connectivity index (χ1n) is 10.9. The van der Waals surface area contributed by atoms with E-state index in [4.69, 9.17) is 14.6 Å². The molecule has 6 nitrogen and oxygen atoms in total. The van der Waals surface area contributed by atoms with Crippen LogP contribution in [0.5, 0.6) is 11.5 Å². The minimum Gasteiger partial charge on any atom is -0.454 e. The number of hydrogen-bond acceptors (Lipinski definition) is 4. The predicted octanol–water partition coefficient (Wildman–Crippen LogP) is 4.69. The quantitative estimate of drug-likeness (QED) is 0.618. The fourth-order valence-corrected chi connectivity index (χ4v) is 4.59. The van der Waals surface area contributed by atoms with Crippen molar-refractivity contribution in [1.82, 2.24) is 9.78 Å². The van der Waals surface area contributed by atoms with Crippen molar-refractivity contribution in [2.75, 3.05) is 18.2 Å². The summed E-state index contributed by atoms with van der Waals surface area (Å²) in [6, 6.07) is 14.2. The fourth-order valence-electron chi connectivity index (χ4n) is 4.59. The van der Waals surface area contributed by atoms with E-state index in [1.807, 2.05) is 34.7 Å². The van der Waals surface area contributed by atoms with Gasteiger partial charge in [-0.25, -0.2) is 4.68 Å². The molecule has 3 heterocycles. The van der Waals surface area contributed by atoms with Crippen LogP contribution in [0.15, 0.2) is 42.5 Å². The van der Waals surface area contributed by atoms with Crippen LogP contribution in [-0.4, -0.2) is 29.0 Å². The third kappa shape index (κ3) is 3.46. The van der Waals surface area contributed by atoms with Crippen LogP contribution in [0.3, 0.4) is 0 Å². The van der Waals surface area contributed by atoms with Gasteiger partial charge in [-0.15, -0.1) is 0 Å². The molecule has 0 aliphatic carbocycles. The molecule has 2 aromatic carbocycles. The number of rotatable bonds is 4. The number of carbonyl (C=O) groups excluding carboxylic acids is 1. The molecule has 5 rings (SSSR count). The molecule has 160 valence electrons. The van der Waals surface area contributed by atoms with Crippen molar-refractivity contribution in [3.05, 3.63) is 59.3 Å². The van der Waals surface area contributed by atoms with Gasteiger partial charge < -0.3 is 9.47 Å². The highest BCUT2D eigenvalue weighted by Gasteiger charge is 2.30. The van der Waals surface area contributed by atoms with Gasteiger partial charge in [-0.05, 0) is 48.1 Å². The minimum absolute atomic E-state index is 0.0722. The summed E-state index contributed by atoms with van der Waals surface area (Å²) in [7, 11) is 0. The number of carbonyl (C=O) groups is 1. The molecule has 2 aliphatic heterocycles. The summed E-state index contributed by atoms with van der Waals surface area (Å²) < 4.78 is 12.9. The van der Waals surface area contributed by atoms with E-state index in [2.05, 4.69) is 38.1 Å². The fraction of sp³-hybridized carbons (Fsp3) is 0.360. The molecule has 6 heteroatoms. The lowest BCUT2D eigenvalue weighted by atomic mass is 9.92. The van der Waals surface area contributed by atoms with Crippen LogP contribution in [0.4, 0.5) is 5.82 Å². The summed E-state index contributed by atoms with van der Waals surface area (Å²) in [5, 5.41) is 4.80. The van der Waals surface area contributed by atoms with Crippen molar-refractivity contribution in [2.45, 2.75) is 46.1 Å². The molecule has 0 saturated heterocycles. The Labute approximate surface area is 182 Å². The zero-order valence-electron chi connectivity index (χ0n) is 18.2. The Balaban J connectivity index is 1.52. The lowest BCUT2D eigenvalue weighted by Gasteiger charge is -2.29. The average molecular weight is 418 g/mol. The number of benzene rings is 2. The maximum absolute atomic E-state index is 13.5. The van der Waals surface area contributed by atoms with Crippen LogP contribution in [0.25, 0.3) is 11.1 Å². The summed E-state index contributed by atoms with van der Waals surface area (Å²) in [5.74, 6) is 2.81. The van der Waals surface area contributed by atoms with Gasteiger partial charge in [-0.1, -0.05) is 44.2 Å². The molecule has 31 heavy (non-hydrogen) atoms. The third-order valence-corrected chi connectivity index (χ3v) is 6.05. The molecule has 1 amide bonds. The maximum atomic E-state index is 13.5. The molecule has 0 saturated carbocycles. The molecule has 0 atom stereocenters. The second-order valence-corrected chi connectivity index (χ2v) is 8.51. The number of aryl methyl sites for hydroxylation is 2. The Bertz CT molecular complexity index is 1150. The van der Waals surface area contributed by atoms with Crippen LogP contribution < -0.4 is 14.4 Å². The molecule has 0 N–H and O–H groups in total. The second kappa shape index (κ2) is 7.76. The van der Waals surface area contributed by atoms with Crippen molar-refractivity contribution >= 4 is 11.7 Å². The van der Waals surface area contributed by atoms with Gasteiger partial charge in [0.05, 0.1) is 12.1 Å². The summed E-state index contributed by atoms with van der Waals surface area (Å²) in [4.78, 5) is 15.4. The number of fused-ring (bicyclic) bond motifs is 2. The first-order chi connectivity index (χ1) is 15.0. The van der Waals surface area contributed by atoms with E-state index < -0.39 is 0 Å². The first kappa shape index (κ1) is 19.7. The van der Waals surface area contributed by atoms with E-state index in [-0.39, 0.29) is 12.7 Å². The Morgan fingerprint density at radius 1 is 1.10 bits per heavy atom. The summed E-state index contributed by atoms with van der Waals surface area (Å²) in [5.41, 5.74) is 5.40. The molecular formula is C25H27N3O3. The van der Waals surface area contributed by atoms with Crippen molar-refractivity contribution in [1.29, 1.82) is 0 Å². The highest BCUT2D eigenvalue weighted by atomic mass is 16.7. The second-order valence-electron chi connectivity index (χ2n) is 8.51. The Morgan fingerprint density at radius 3 is 2.74 bits per heavy atom. The standard InChI is InChI=1S/C25H27N3O3/c1-16(2)19-7-4-5-8-20(19)24-17(3)26-28-12-6-11-27(25(24)28)23(29)14-18-9-10-21-22(13-18)31-15-30-21/h4-5,7-10,13,16H,6,11-12,14-15H2,1-3H3. The van der Waals surface area contributed by atoms with Crippen molar-refractivity contribution in [2.24, 2.45) is 0 Å². The highest BCUT2D eigenvalue weighted by molar-refractivity contribution is 5.99. The van der Waals surface area contributed by atoms with E-state index in [0.29, 0.717) is 24.6 Å². The Morgan fingerprint density at radius 2 is 1.90 bits per heavy atom. The van der Waals surface area contributed by atoms with Gasteiger partial charge in [0.15, 0.2) is 11.5 Å². The van der Waals surface area contributed by atoms with Crippen LogP contribution in [0.1, 0.15) is 43.0 Å². The van der Waals surface area contributed by atoms with Crippen LogP contribution in [0, 0.1) is 6.92 Å². The van der Waals surface area contributed by atoms with Crippen LogP contribution in [0.2, 0.25) is 0 Å². The van der Waals surface area contributed by atoms with Gasteiger partial charge in [0.2, 0.25) is 12.7 Å². The highest BCUT2D eigenvalue weighted by Crippen LogP contribution is 2.40. The summed E-state index contributed by atoms with van der Waals surface area (Å²) in [6.45, 7) is 8.20. The van der Waals surface area contributed by atoms with Gasteiger partial charge in [0.1, 0.15) is 5.82 Å². The molecule has 2 aliphatic rings. The zero-order valence-corrected chi connectivity index (χ0v) is 18.2. The molecule has 3 aromatic rings. The molecule has 0 radical (unpaired) electrons. The molecule has 1 aromatic heterocycles. The molecule has 0 fully saturated rings. The number of aromatic nitrogens is 2. The Kier molecular flexibility index (Phi) is 4.93. The van der Waals surface area contributed by atoms with Gasteiger partial charge >= 0.3 is 0 Å². The number of hydrogen-bond donors (Lipinski definition) is 0. The minimum atomic E-state index is 0.0722. The average Bonchev–Trinajstić information content (AvgIpc) is 3.36. The van der Waals surface area contributed by atoms with E-state index in [1.165, 1.54) is 11.1 Å². The number of amides is 1. The molecule has 0 unspecified atom stereocenters. The normalized spacial score (nSPS) is 14.8. The van der Waals surface area contributed by atoms with Gasteiger partial charge in [0.25, 0.3) is 0 Å². The molecular weight excluding hydrogens is 390 g/mol. The third-order valence-electron chi connectivity index (χ3n) is 6.05. The predicted molar refractivity (Wildman–Crippen MR) is 120 cm³/mol. The number of anilines is 1. The van der Waals surface area contributed by atoms with E-state index in [1.54, 1.807) is 0 Å². The van der Waals surface area contributed by atoms with Crippen molar-refractivity contribution in [3.8, 4) is 22.6 Å². The topological polar surface area (TPSA) is 56.6 Å². The van der Waals surface area contributed by atoms with Gasteiger partial charge in [0, 0.05) is 18.7 Å². The van der Waals surface area contributed by atoms with Crippen LogP contribution >= 0.6 is 0 Å². The number of nitrogens with zero attached hydrogens (tertiary/aromatic N) is 3. The first-order valence-corrected chi connectivity index (χ1v) is 10.9. The van der Waals surface area contributed by atoms with Crippen LogP contribution in [-0.2, 0) is 17.8 Å². The smallest absolute Gasteiger partial charge is 0.232 e. The molecule has 0 bridgehead atoms. The van der Waals surface area contributed by atoms with E-state index in [9.17, 15) is 4.79 Å². The lowest BCUT2D eigenvalue weighted by Crippen LogP contribution is -2.38. The largest absolute Gasteiger partial charge is 0.454 e. The Hall–Kier alpha value is -3.28. The summed E-state index contributed by atoms with van der Waals surface area (Å²) in [6.07, 6.45) is 1.21. The van der Waals surface area contributed by atoms with E-state index in [0.717, 1.165) is 41.4 Å².